The number of nitrogens with one attached hydrogen (secondary N) is 1. The van der Waals surface area contributed by atoms with Crippen LogP contribution in [0.1, 0.15) is 6.42 Å². The molecule has 3 atom stereocenters. The van der Waals surface area contributed by atoms with Crippen LogP contribution in [0.15, 0.2) is 0 Å². The van der Waals surface area contributed by atoms with E-state index in [4.69, 9.17) is 5.11 Å². The first-order chi connectivity index (χ1) is 5.20. The summed E-state index contributed by atoms with van der Waals surface area (Å²) >= 11 is 0. The van der Waals surface area contributed by atoms with Crippen LogP contribution in [-0.2, 0) is 9.59 Å². The molecule has 0 aromatic carbocycles. The Bertz CT molecular complexity index is 218. The molecule has 1 aliphatic carbocycles. The number of carbonyl (C=O) groups is 2. The van der Waals surface area contributed by atoms with Gasteiger partial charge in [0.25, 0.3) is 0 Å². The zero-order valence-corrected chi connectivity index (χ0v) is 5.91. The van der Waals surface area contributed by atoms with E-state index in [1.807, 2.05) is 0 Å². The lowest BCUT2D eigenvalue weighted by molar-refractivity contribution is -0.146. The van der Waals surface area contributed by atoms with Gasteiger partial charge in [-0.1, -0.05) is 0 Å². The maximum Gasteiger partial charge on any atom is 0.321 e. The fourth-order valence-electron chi connectivity index (χ4n) is 1.93. The largest absolute Gasteiger partial charge is 0.480 e. The summed E-state index contributed by atoms with van der Waals surface area (Å²) in [4.78, 5) is 21.4. The summed E-state index contributed by atoms with van der Waals surface area (Å²) in [5.74, 6) is -0.728. The second-order valence-electron chi connectivity index (χ2n) is 3.18. The highest BCUT2D eigenvalue weighted by molar-refractivity contribution is 5.94. The molecule has 1 heterocycles. The van der Waals surface area contributed by atoms with Crippen LogP contribution in [0.5, 0.6) is 0 Å². The third kappa shape index (κ3) is 0.790. The van der Waals surface area contributed by atoms with Gasteiger partial charge in [0, 0.05) is 12.3 Å². The monoisotopic (exact) mass is 155 g/mol. The Hall–Kier alpha value is -0.900. The Morgan fingerprint density at radius 2 is 2.36 bits per heavy atom. The van der Waals surface area contributed by atoms with Crippen molar-refractivity contribution in [2.75, 3.05) is 6.54 Å². The maximum atomic E-state index is 10.9. The molecule has 1 saturated heterocycles. The van der Waals surface area contributed by atoms with Crippen molar-refractivity contribution in [3.63, 3.8) is 0 Å². The molecule has 4 nitrogen and oxygen atoms in total. The summed E-state index contributed by atoms with van der Waals surface area (Å²) in [6, 6.07) is -0.610. The average molecular weight is 155 g/mol. The van der Waals surface area contributed by atoms with Gasteiger partial charge < -0.3 is 10.4 Å². The van der Waals surface area contributed by atoms with E-state index in [1.165, 1.54) is 0 Å². The Labute approximate surface area is 63.6 Å². The molecular formula is C7H9NO3. The topological polar surface area (TPSA) is 66.4 Å². The summed E-state index contributed by atoms with van der Waals surface area (Å²) in [7, 11) is 0. The molecule has 3 unspecified atom stereocenters. The van der Waals surface area contributed by atoms with Gasteiger partial charge in [-0.25, -0.2) is 0 Å². The van der Waals surface area contributed by atoms with Gasteiger partial charge >= 0.3 is 5.97 Å². The first-order valence-corrected chi connectivity index (χ1v) is 3.69. The number of hydrogen-bond donors (Lipinski definition) is 2. The number of aliphatic carboxylic acids is 1. The van der Waals surface area contributed by atoms with Crippen LogP contribution < -0.4 is 5.32 Å². The van der Waals surface area contributed by atoms with Crippen molar-refractivity contribution in [2.24, 2.45) is 11.8 Å². The molecule has 0 aromatic rings. The van der Waals surface area contributed by atoms with Crippen molar-refractivity contribution in [1.29, 1.82) is 0 Å². The third-order valence-corrected chi connectivity index (χ3v) is 2.57. The first-order valence-electron chi connectivity index (χ1n) is 3.69. The summed E-state index contributed by atoms with van der Waals surface area (Å²) in [5.41, 5.74) is 0. The van der Waals surface area contributed by atoms with Crippen molar-refractivity contribution in [3.8, 4) is 0 Å². The van der Waals surface area contributed by atoms with Crippen LogP contribution in [0.25, 0.3) is 0 Å². The molecule has 60 valence electrons. The van der Waals surface area contributed by atoms with Gasteiger partial charge in [0.05, 0.1) is 0 Å². The quantitative estimate of drug-likeness (QED) is 0.522. The fourth-order valence-corrected chi connectivity index (χ4v) is 1.93. The zero-order valence-electron chi connectivity index (χ0n) is 5.91. The molecule has 4 heteroatoms. The Balaban J connectivity index is 2.14. The van der Waals surface area contributed by atoms with Gasteiger partial charge in [-0.2, -0.15) is 0 Å². The number of carboxylic acid groups (broad SMARTS) is 1. The van der Waals surface area contributed by atoms with Crippen molar-refractivity contribution in [2.45, 2.75) is 12.5 Å². The molecule has 11 heavy (non-hydrogen) atoms. The van der Waals surface area contributed by atoms with Crippen molar-refractivity contribution >= 4 is 11.8 Å². The van der Waals surface area contributed by atoms with E-state index in [-0.39, 0.29) is 11.7 Å². The lowest BCUT2D eigenvalue weighted by atomic mass is 9.72. The molecule has 2 fully saturated rings. The van der Waals surface area contributed by atoms with Gasteiger partial charge in [-0.3, -0.25) is 9.59 Å². The second-order valence-corrected chi connectivity index (χ2v) is 3.18. The minimum absolute atomic E-state index is 0.104. The molecule has 0 bridgehead atoms. The first kappa shape index (κ1) is 6.79. The molecular weight excluding hydrogens is 146 g/mol. The number of rotatable bonds is 1. The lowest BCUT2D eigenvalue weighted by Crippen LogP contribution is -2.44. The smallest absolute Gasteiger partial charge is 0.321 e. The van der Waals surface area contributed by atoms with Gasteiger partial charge in [-0.05, 0) is 12.5 Å². The second kappa shape index (κ2) is 2.04. The van der Waals surface area contributed by atoms with Crippen molar-refractivity contribution in [3.05, 3.63) is 0 Å². The lowest BCUT2D eigenvalue weighted by Gasteiger charge is -2.29. The molecule has 0 amide bonds. The maximum absolute atomic E-state index is 10.9. The van der Waals surface area contributed by atoms with Gasteiger partial charge in [0.2, 0.25) is 0 Å². The highest BCUT2D eigenvalue weighted by Crippen LogP contribution is 2.37. The molecule has 2 rings (SSSR count). The minimum Gasteiger partial charge on any atom is -0.480 e. The normalized spacial score (nSPS) is 41.5. The molecule has 1 saturated carbocycles. The molecule has 1 aliphatic heterocycles. The van der Waals surface area contributed by atoms with Gasteiger partial charge in [-0.15, -0.1) is 0 Å². The predicted molar refractivity (Wildman–Crippen MR) is 36.0 cm³/mol. The number of hydrogen-bond acceptors (Lipinski definition) is 3. The Morgan fingerprint density at radius 3 is 2.82 bits per heavy atom. The summed E-state index contributed by atoms with van der Waals surface area (Å²) < 4.78 is 0. The van der Waals surface area contributed by atoms with Crippen molar-refractivity contribution < 1.29 is 14.7 Å². The molecule has 2 N–H and O–H groups in total. The average Bonchev–Trinajstić information content (AvgIpc) is 2.25. The van der Waals surface area contributed by atoms with E-state index >= 15 is 0 Å². The van der Waals surface area contributed by atoms with Crippen LogP contribution in [0.3, 0.4) is 0 Å². The molecule has 0 radical (unpaired) electrons. The predicted octanol–water partition coefficient (Wildman–Crippen LogP) is -0.752. The van der Waals surface area contributed by atoms with E-state index in [0.717, 1.165) is 0 Å². The van der Waals surface area contributed by atoms with E-state index < -0.39 is 12.0 Å². The number of carboxylic acids is 1. The minimum atomic E-state index is -0.898. The Morgan fingerprint density at radius 1 is 1.64 bits per heavy atom. The van der Waals surface area contributed by atoms with Crippen LogP contribution >= 0.6 is 0 Å². The SMILES string of the molecule is O=C(O)C1NCC2CC(=O)C21. The number of carbonyl (C=O) groups excluding carboxylic acids is 1. The molecule has 0 spiro atoms. The van der Waals surface area contributed by atoms with Crippen LogP contribution in [-0.4, -0.2) is 29.4 Å². The zero-order chi connectivity index (χ0) is 8.01. The van der Waals surface area contributed by atoms with Crippen LogP contribution in [0.2, 0.25) is 0 Å². The van der Waals surface area contributed by atoms with E-state index in [1.54, 1.807) is 0 Å². The number of Topliss-reactive ketones (excluding diaryl/α,β-unsaturated/α-hetero) is 1. The third-order valence-electron chi connectivity index (χ3n) is 2.57. The standard InChI is InChI=1S/C7H9NO3/c9-4-1-3-2-8-6(5(3)4)7(10)11/h3,5-6,8H,1-2H2,(H,10,11). The van der Waals surface area contributed by atoms with Crippen molar-refractivity contribution in [1.82, 2.24) is 5.32 Å². The number of ketones is 1. The summed E-state index contributed by atoms with van der Waals surface area (Å²) in [5, 5.41) is 11.5. The van der Waals surface area contributed by atoms with Gasteiger partial charge in [0.15, 0.2) is 0 Å². The summed E-state index contributed by atoms with van der Waals surface area (Å²) in [6.07, 6.45) is 0.571. The van der Waals surface area contributed by atoms with E-state index in [2.05, 4.69) is 5.32 Å². The summed E-state index contributed by atoms with van der Waals surface area (Å²) in [6.45, 7) is 0.688. The van der Waals surface area contributed by atoms with Crippen LogP contribution in [0.4, 0.5) is 0 Å². The van der Waals surface area contributed by atoms with Gasteiger partial charge in [0.1, 0.15) is 11.8 Å². The number of fused-ring (bicyclic) bond motifs is 1. The fraction of sp³-hybridized carbons (Fsp3) is 0.714. The van der Waals surface area contributed by atoms with E-state index in [9.17, 15) is 9.59 Å². The highest BCUT2D eigenvalue weighted by atomic mass is 16.4. The van der Waals surface area contributed by atoms with Crippen LogP contribution in [0, 0.1) is 11.8 Å². The molecule has 0 aromatic heterocycles. The highest BCUT2D eigenvalue weighted by Gasteiger charge is 2.51. The Kier molecular flexibility index (Phi) is 1.26. The van der Waals surface area contributed by atoms with E-state index in [0.29, 0.717) is 18.9 Å². The molecule has 2 aliphatic rings.